The first kappa shape index (κ1) is 18.2. The molecule has 0 fully saturated rings. The van der Waals surface area contributed by atoms with E-state index in [2.05, 4.69) is 15.0 Å². The fraction of sp³-hybridized carbons (Fsp3) is 0.143. The number of H-pyrrole nitrogens is 1. The van der Waals surface area contributed by atoms with E-state index in [4.69, 9.17) is 5.73 Å². The van der Waals surface area contributed by atoms with Gasteiger partial charge in [0.2, 0.25) is 0 Å². The van der Waals surface area contributed by atoms with E-state index < -0.39 is 17.8 Å². The molecule has 0 amide bonds. The van der Waals surface area contributed by atoms with Gasteiger partial charge in [-0.2, -0.15) is 13.2 Å². The molecule has 4 rings (SSSR count). The Kier molecular flexibility index (Phi) is 4.60. The van der Waals surface area contributed by atoms with Crippen LogP contribution >= 0.6 is 0 Å². The summed E-state index contributed by atoms with van der Waals surface area (Å²) in [7, 11) is 0. The lowest BCUT2D eigenvalue weighted by Gasteiger charge is -2.10. The van der Waals surface area contributed by atoms with Gasteiger partial charge < -0.3 is 10.7 Å². The summed E-state index contributed by atoms with van der Waals surface area (Å²) in [4.78, 5) is 11.8. The zero-order chi connectivity index (χ0) is 19.7. The van der Waals surface area contributed by atoms with Crippen molar-refractivity contribution in [3.63, 3.8) is 0 Å². The highest BCUT2D eigenvalue weighted by atomic mass is 19.4. The van der Waals surface area contributed by atoms with E-state index in [1.54, 1.807) is 12.4 Å². The van der Waals surface area contributed by atoms with Gasteiger partial charge in [0.05, 0.1) is 22.6 Å². The van der Waals surface area contributed by atoms with Crippen LogP contribution in [0.3, 0.4) is 0 Å². The lowest BCUT2D eigenvalue weighted by atomic mass is 10.0. The molecule has 0 saturated heterocycles. The van der Waals surface area contributed by atoms with Crippen LogP contribution in [0.15, 0.2) is 67.0 Å². The number of imidazole rings is 1. The smallest absolute Gasteiger partial charge is 0.341 e. The fourth-order valence-corrected chi connectivity index (χ4v) is 3.11. The Bertz CT molecular complexity index is 1090. The Labute approximate surface area is 159 Å². The molecule has 2 aromatic heterocycles. The third-order valence-corrected chi connectivity index (χ3v) is 4.60. The molecule has 0 aliphatic rings. The maximum atomic E-state index is 12.7. The normalized spacial score (nSPS) is 13.0. The van der Waals surface area contributed by atoms with Crippen LogP contribution < -0.4 is 5.73 Å². The van der Waals surface area contributed by atoms with Crippen LogP contribution in [0.2, 0.25) is 0 Å². The molecule has 0 saturated carbocycles. The number of pyridine rings is 1. The molecule has 2 aromatic carbocycles. The second-order valence-corrected chi connectivity index (χ2v) is 6.60. The highest BCUT2D eigenvalue weighted by Crippen LogP contribution is 2.30. The van der Waals surface area contributed by atoms with Gasteiger partial charge in [-0.1, -0.05) is 18.2 Å². The van der Waals surface area contributed by atoms with Gasteiger partial charge in [-0.15, -0.1) is 0 Å². The van der Waals surface area contributed by atoms with E-state index in [9.17, 15) is 13.2 Å². The maximum Gasteiger partial charge on any atom is 0.416 e. The van der Waals surface area contributed by atoms with Gasteiger partial charge in [0, 0.05) is 12.4 Å². The summed E-state index contributed by atoms with van der Waals surface area (Å²) >= 11 is 0. The SMILES string of the molecule is NC(Cc1ccc(C(F)(F)F)cc1)c1nc2ccc(-c3ccncc3)cc2[nH]1. The van der Waals surface area contributed by atoms with Crippen molar-refractivity contribution >= 4 is 11.0 Å². The van der Waals surface area contributed by atoms with Crippen LogP contribution in [0.25, 0.3) is 22.2 Å². The molecule has 0 spiro atoms. The van der Waals surface area contributed by atoms with Crippen molar-refractivity contribution in [1.29, 1.82) is 0 Å². The number of aromatic amines is 1. The van der Waals surface area contributed by atoms with Crippen LogP contribution in [0.1, 0.15) is 23.0 Å². The summed E-state index contributed by atoms with van der Waals surface area (Å²) < 4.78 is 38.0. The van der Waals surface area contributed by atoms with Gasteiger partial charge in [0.1, 0.15) is 5.82 Å². The minimum atomic E-state index is -4.34. The molecule has 0 aliphatic heterocycles. The Morgan fingerprint density at radius 2 is 1.64 bits per heavy atom. The zero-order valence-electron chi connectivity index (χ0n) is 14.7. The number of hydrogen-bond donors (Lipinski definition) is 2. The molecule has 7 heteroatoms. The van der Waals surface area contributed by atoms with Crippen molar-refractivity contribution in [2.75, 3.05) is 0 Å². The molecule has 3 N–H and O–H groups in total. The predicted octanol–water partition coefficient (Wildman–Crippen LogP) is 4.89. The second kappa shape index (κ2) is 7.09. The van der Waals surface area contributed by atoms with Gasteiger partial charge in [-0.25, -0.2) is 4.98 Å². The number of aromatic nitrogens is 3. The van der Waals surface area contributed by atoms with Crippen molar-refractivity contribution in [3.05, 3.63) is 83.9 Å². The first-order valence-corrected chi connectivity index (χ1v) is 8.72. The van der Waals surface area contributed by atoms with E-state index >= 15 is 0 Å². The van der Waals surface area contributed by atoms with E-state index in [0.29, 0.717) is 12.2 Å². The molecule has 0 radical (unpaired) electrons. The third kappa shape index (κ3) is 3.75. The Hall–Kier alpha value is -3.19. The number of halogens is 3. The molecule has 0 bridgehead atoms. The average Bonchev–Trinajstić information content (AvgIpc) is 3.12. The van der Waals surface area contributed by atoms with Gasteiger partial charge in [0.15, 0.2) is 0 Å². The van der Waals surface area contributed by atoms with Crippen molar-refractivity contribution in [3.8, 4) is 11.1 Å². The largest absolute Gasteiger partial charge is 0.416 e. The van der Waals surface area contributed by atoms with Gasteiger partial charge in [-0.3, -0.25) is 4.98 Å². The van der Waals surface area contributed by atoms with Crippen LogP contribution in [0.4, 0.5) is 13.2 Å². The van der Waals surface area contributed by atoms with Crippen molar-refractivity contribution < 1.29 is 13.2 Å². The molecule has 142 valence electrons. The number of nitrogens with two attached hydrogens (primary N) is 1. The summed E-state index contributed by atoms with van der Waals surface area (Å²) in [6.45, 7) is 0. The quantitative estimate of drug-likeness (QED) is 0.528. The fourth-order valence-electron chi connectivity index (χ4n) is 3.11. The molecule has 0 aliphatic carbocycles. The minimum Gasteiger partial charge on any atom is -0.341 e. The standard InChI is InChI=1S/C21H17F3N4/c22-21(23,24)16-4-1-13(2-5-16)11-17(25)20-27-18-6-3-15(12-19(18)28-20)14-7-9-26-10-8-14/h1-10,12,17H,11,25H2,(H,27,28). The maximum absolute atomic E-state index is 12.7. The number of benzene rings is 2. The molecule has 4 aromatic rings. The average molecular weight is 382 g/mol. The van der Waals surface area contributed by atoms with Crippen LogP contribution in [0, 0.1) is 0 Å². The lowest BCUT2D eigenvalue weighted by molar-refractivity contribution is -0.137. The summed E-state index contributed by atoms with van der Waals surface area (Å²) in [6.07, 6.45) is -0.489. The predicted molar refractivity (Wildman–Crippen MR) is 101 cm³/mol. The van der Waals surface area contributed by atoms with Crippen LogP contribution in [-0.2, 0) is 12.6 Å². The number of fused-ring (bicyclic) bond motifs is 1. The third-order valence-electron chi connectivity index (χ3n) is 4.60. The summed E-state index contributed by atoms with van der Waals surface area (Å²) in [5.41, 5.74) is 10.0. The topological polar surface area (TPSA) is 67.6 Å². The zero-order valence-corrected chi connectivity index (χ0v) is 14.7. The van der Waals surface area contributed by atoms with Crippen LogP contribution in [-0.4, -0.2) is 15.0 Å². The number of alkyl halides is 3. The monoisotopic (exact) mass is 382 g/mol. The van der Waals surface area contributed by atoms with Crippen molar-refractivity contribution in [2.24, 2.45) is 5.73 Å². The first-order chi connectivity index (χ1) is 13.4. The lowest BCUT2D eigenvalue weighted by Crippen LogP contribution is -2.15. The Morgan fingerprint density at radius 3 is 2.32 bits per heavy atom. The van der Waals surface area contributed by atoms with Crippen molar-refractivity contribution in [1.82, 2.24) is 15.0 Å². The highest BCUT2D eigenvalue weighted by molar-refractivity contribution is 5.82. The van der Waals surface area contributed by atoms with E-state index in [1.165, 1.54) is 12.1 Å². The Balaban J connectivity index is 1.55. The van der Waals surface area contributed by atoms with Crippen LogP contribution in [0.5, 0.6) is 0 Å². The summed E-state index contributed by atoms with van der Waals surface area (Å²) in [5.74, 6) is 0.599. The molecule has 2 heterocycles. The number of hydrogen-bond acceptors (Lipinski definition) is 3. The Morgan fingerprint density at radius 1 is 0.929 bits per heavy atom. The number of rotatable bonds is 4. The van der Waals surface area contributed by atoms with Crippen molar-refractivity contribution in [2.45, 2.75) is 18.6 Å². The second-order valence-electron chi connectivity index (χ2n) is 6.60. The first-order valence-electron chi connectivity index (χ1n) is 8.72. The van der Waals surface area contributed by atoms with E-state index in [1.807, 2.05) is 30.3 Å². The molecule has 4 nitrogen and oxygen atoms in total. The number of nitrogens with one attached hydrogen (secondary N) is 1. The van der Waals surface area contributed by atoms with E-state index in [0.717, 1.165) is 39.9 Å². The van der Waals surface area contributed by atoms with Gasteiger partial charge in [0.25, 0.3) is 0 Å². The molecule has 28 heavy (non-hydrogen) atoms. The molecular weight excluding hydrogens is 365 g/mol. The minimum absolute atomic E-state index is 0.384. The van der Waals surface area contributed by atoms with E-state index in [-0.39, 0.29) is 0 Å². The molecule has 1 unspecified atom stereocenters. The molecule has 1 atom stereocenters. The number of nitrogens with zero attached hydrogens (tertiary/aromatic N) is 2. The summed E-state index contributed by atoms with van der Waals surface area (Å²) in [6, 6.07) is 14.3. The molecular formula is C21H17F3N4. The summed E-state index contributed by atoms with van der Waals surface area (Å²) in [5, 5.41) is 0. The van der Waals surface area contributed by atoms with Gasteiger partial charge in [-0.05, 0) is 59.5 Å². The van der Waals surface area contributed by atoms with Gasteiger partial charge >= 0.3 is 6.18 Å². The highest BCUT2D eigenvalue weighted by Gasteiger charge is 2.30.